The van der Waals surface area contributed by atoms with E-state index in [0.29, 0.717) is 21.2 Å². The highest BCUT2D eigenvalue weighted by atomic mass is 35.5. The number of benzene rings is 3. The van der Waals surface area contributed by atoms with E-state index in [4.69, 9.17) is 39.5 Å². The summed E-state index contributed by atoms with van der Waals surface area (Å²) in [5.41, 5.74) is 3.38. The Balaban J connectivity index is 1.75. The summed E-state index contributed by atoms with van der Waals surface area (Å²) < 4.78 is 5.42. The molecule has 0 aromatic heterocycles. The number of esters is 1. The molecule has 8 heteroatoms. The fourth-order valence-electron chi connectivity index (χ4n) is 2.34. The van der Waals surface area contributed by atoms with Gasteiger partial charge in [0.15, 0.2) is 0 Å². The van der Waals surface area contributed by atoms with E-state index in [2.05, 4.69) is 10.5 Å². The Morgan fingerprint density at radius 1 is 0.897 bits per heavy atom. The molecule has 3 rings (SSSR count). The number of hydrogen-bond acceptors (Lipinski definition) is 4. The Kier molecular flexibility index (Phi) is 6.88. The van der Waals surface area contributed by atoms with Gasteiger partial charge in [0.25, 0.3) is 5.91 Å². The monoisotopic (exact) mass is 446 g/mol. The third-order valence-corrected chi connectivity index (χ3v) is 4.51. The molecule has 0 heterocycles. The molecule has 0 aliphatic carbocycles. The quantitative estimate of drug-likeness (QED) is 0.238. The van der Waals surface area contributed by atoms with Gasteiger partial charge in [-0.1, -0.05) is 53.0 Å². The van der Waals surface area contributed by atoms with Gasteiger partial charge in [0.05, 0.1) is 22.4 Å². The maximum atomic E-state index is 12.3. The van der Waals surface area contributed by atoms with Crippen LogP contribution in [0.5, 0.6) is 5.75 Å². The summed E-state index contributed by atoms with van der Waals surface area (Å²) in [4.78, 5) is 24.5. The lowest BCUT2D eigenvalue weighted by molar-refractivity contribution is 0.0734. The van der Waals surface area contributed by atoms with Gasteiger partial charge < -0.3 is 4.74 Å². The zero-order chi connectivity index (χ0) is 20.8. The minimum Gasteiger partial charge on any atom is -0.422 e. The molecule has 0 aliphatic heterocycles. The van der Waals surface area contributed by atoms with Gasteiger partial charge in [-0.25, -0.2) is 10.2 Å². The van der Waals surface area contributed by atoms with Crippen molar-refractivity contribution in [3.63, 3.8) is 0 Å². The van der Waals surface area contributed by atoms with Crippen LogP contribution in [0.25, 0.3) is 0 Å². The lowest BCUT2D eigenvalue weighted by atomic mass is 10.2. The topological polar surface area (TPSA) is 67.8 Å². The molecular weight excluding hydrogens is 435 g/mol. The standard InChI is InChI=1S/C21H13Cl3N2O3/c22-15-7-9-19(29-21(28)13-4-2-1-3-5-13)14(10-15)12-25-26-20(27)17-8-6-16(23)11-18(17)24/h1-12H,(H,26,27)/b25-12+. The average Bonchev–Trinajstić information content (AvgIpc) is 2.70. The summed E-state index contributed by atoms with van der Waals surface area (Å²) in [5, 5.41) is 4.93. The van der Waals surface area contributed by atoms with E-state index in [1.807, 2.05) is 0 Å². The number of hydrazone groups is 1. The number of nitrogens with one attached hydrogen (secondary N) is 1. The number of carbonyl (C=O) groups excluding carboxylic acids is 2. The van der Waals surface area contributed by atoms with Gasteiger partial charge in [-0.2, -0.15) is 5.10 Å². The van der Waals surface area contributed by atoms with Crippen LogP contribution in [0.15, 0.2) is 71.8 Å². The number of nitrogens with zero attached hydrogens (tertiary/aromatic N) is 1. The first kappa shape index (κ1) is 20.9. The summed E-state index contributed by atoms with van der Waals surface area (Å²) in [5.74, 6) is -0.807. The minimum atomic E-state index is -0.528. The lowest BCUT2D eigenvalue weighted by Crippen LogP contribution is -2.18. The van der Waals surface area contributed by atoms with Crippen LogP contribution in [-0.4, -0.2) is 18.1 Å². The van der Waals surface area contributed by atoms with Gasteiger partial charge in [0, 0.05) is 15.6 Å². The third-order valence-electron chi connectivity index (χ3n) is 3.73. The van der Waals surface area contributed by atoms with E-state index in [-0.39, 0.29) is 16.3 Å². The van der Waals surface area contributed by atoms with Crippen molar-refractivity contribution < 1.29 is 14.3 Å². The first-order valence-electron chi connectivity index (χ1n) is 8.29. The van der Waals surface area contributed by atoms with Crippen molar-refractivity contribution in [3.8, 4) is 5.75 Å². The number of ether oxygens (including phenoxy) is 1. The number of amides is 1. The molecule has 0 radical (unpaired) electrons. The Morgan fingerprint density at radius 3 is 2.31 bits per heavy atom. The van der Waals surface area contributed by atoms with Crippen molar-refractivity contribution in [1.82, 2.24) is 5.43 Å². The van der Waals surface area contributed by atoms with Gasteiger partial charge in [0.2, 0.25) is 0 Å². The Bertz CT molecular complexity index is 1090. The predicted molar refractivity (Wildman–Crippen MR) is 114 cm³/mol. The normalized spacial score (nSPS) is 10.7. The molecule has 0 unspecified atom stereocenters. The smallest absolute Gasteiger partial charge is 0.343 e. The van der Waals surface area contributed by atoms with E-state index >= 15 is 0 Å². The van der Waals surface area contributed by atoms with Gasteiger partial charge in [0.1, 0.15) is 5.75 Å². The fourth-order valence-corrected chi connectivity index (χ4v) is 3.02. The molecule has 3 aromatic rings. The van der Waals surface area contributed by atoms with Crippen LogP contribution in [0.3, 0.4) is 0 Å². The molecule has 3 aromatic carbocycles. The summed E-state index contributed by atoms with van der Waals surface area (Å²) in [6.07, 6.45) is 1.32. The second-order valence-corrected chi connectivity index (χ2v) is 7.04. The van der Waals surface area contributed by atoms with Gasteiger partial charge in [-0.05, 0) is 48.5 Å². The van der Waals surface area contributed by atoms with Crippen molar-refractivity contribution in [3.05, 3.63) is 98.5 Å². The number of halogens is 3. The van der Waals surface area contributed by atoms with Crippen LogP contribution in [-0.2, 0) is 0 Å². The van der Waals surface area contributed by atoms with Crippen LogP contribution in [0, 0.1) is 0 Å². The maximum Gasteiger partial charge on any atom is 0.343 e. The van der Waals surface area contributed by atoms with Crippen molar-refractivity contribution >= 4 is 52.9 Å². The van der Waals surface area contributed by atoms with Crippen molar-refractivity contribution in [1.29, 1.82) is 0 Å². The van der Waals surface area contributed by atoms with Gasteiger partial charge in [-0.15, -0.1) is 0 Å². The maximum absolute atomic E-state index is 12.3. The highest BCUT2D eigenvalue weighted by Gasteiger charge is 2.12. The number of rotatable bonds is 5. The van der Waals surface area contributed by atoms with Crippen LogP contribution >= 0.6 is 34.8 Å². The van der Waals surface area contributed by atoms with Crippen molar-refractivity contribution in [2.75, 3.05) is 0 Å². The first-order chi connectivity index (χ1) is 13.9. The second-order valence-electron chi connectivity index (χ2n) is 5.76. The van der Waals surface area contributed by atoms with E-state index in [1.165, 1.54) is 18.3 Å². The molecule has 0 saturated heterocycles. The molecule has 0 atom stereocenters. The van der Waals surface area contributed by atoms with Crippen molar-refractivity contribution in [2.45, 2.75) is 0 Å². The van der Waals surface area contributed by atoms with Crippen molar-refractivity contribution in [2.24, 2.45) is 5.10 Å². The zero-order valence-corrected chi connectivity index (χ0v) is 17.0. The molecule has 5 nitrogen and oxygen atoms in total. The molecule has 146 valence electrons. The zero-order valence-electron chi connectivity index (χ0n) is 14.7. The Hall–Kier alpha value is -2.86. The largest absolute Gasteiger partial charge is 0.422 e. The molecule has 29 heavy (non-hydrogen) atoms. The predicted octanol–water partition coefficient (Wildman–Crippen LogP) is 5.63. The van der Waals surface area contributed by atoms with Crippen LogP contribution in [0.1, 0.15) is 26.3 Å². The summed E-state index contributed by atoms with van der Waals surface area (Å²) in [6, 6.07) is 17.7. The average molecular weight is 448 g/mol. The molecule has 1 amide bonds. The molecule has 0 aliphatic rings. The Morgan fingerprint density at radius 2 is 1.59 bits per heavy atom. The fraction of sp³-hybridized carbons (Fsp3) is 0. The molecule has 1 N–H and O–H groups in total. The number of carbonyl (C=O) groups is 2. The first-order valence-corrected chi connectivity index (χ1v) is 9.42. The molecule has 0 bridgehead atoms. The van der Waals surface area contributed by atoms with Gasteiger partial charge in [-0.3, -0.25) is 4.79 Å². The minimum absolute atomic E-state index is 0.199. The van der Waals surface area contributed by atoms with Crippen LogP contribution in [0.2, 0.25) is 15.1 Å². The number of hydrogen-bond donors (Lipinski definition) is 1. The lowest BCUT2D eigenvalue weighted by Gasteiger charge is -2.08. The summed E-state index contributed by atoms with van der Waals surface area (Å²) in [6.45, 7) is 0. The highest BCUT2D eigenvalue weighted by molar-refractivity contribution is 6.36. The van der Waals surface area contributed by atoms with E-state index in [0.717, 1.165) is 0 Å². The second kappa shape index (κ2) is 9.56. The molecular formula is C21H13Cl3N2O3. The summed E-state index contributed by atoms with van der Waals surface area (Å²) in [7, 11) is 0. The molecule has 0 spiro atoms. The van der Waals surface area contributed by atoms with Gasteiger partial charge >= 0.3 is 5.97 Å². The summed E-state index contributed by atoms with van der Waals surface area (Å²) >= 11 is 17.9. The van der Waals surface area contributed by atoms with Crippen LogP contribution < -0.4 is 10.2 Å². The van der Waals surface area contributed by atoms with E-state index < -0.39 is 11.9 Å². The molecule has 0 fully saturated rings. The molecule has 0 saturated carbocycles. The van der Waals surface area contributed by atoms with Crippen LogP contribution in [0.4, 0.5) is 0 Å². The SMILES string of the molecule is O=C(Oc1ccc(Cl)cc1/C=N/NC(=O)c1ccc(Cl)cc1Cl)c1ccccc1. The highest BCUT2D eigenvalue weighted by Crippen LogP contribution is 2.23. The Labute approximate surface area is 181 Å². The van der Waals surface area contributed by atoms with E-state index in [1.54, 1.807) is 54.6 Å². The van der Waals surface area contributed by atoms with E-state index in [9.17, 15) is 9.59 Å². The third kappa shape index (κ3) is 5.57.